The summed E-state index contributed by atoms with van der Waals surface area (Å²) in [6.07, 6.45) is 2.00. The molecule has 1 aliphatic rings. The topological polar surface area (TPSA) is 58.2 Å². The molecule has 1 heterocycles. The zero-order chi connectivity index (χ0) is 13.9. The monoisotopic (exact) mass is 414 g/mol. The molecule has 2 rings (SSSR count). The van der Waals surface area contributed by atoms with Crippen molar-refractivity contribution in [3.05, 3.63) is 26.8 Å². The molecular weight excluding hydrogens is 399 g/mol. The average Bonchev–Trinajstić information content (AvgIpc) is 2.33. The molecule has 0 spiro atoms. The van der Waals surface area contributed by atoms with E-state index in [1.807, 2.05) is 0 Å². The predicted octanol–water partition coefficient (Wildman–Crippen LogP) is 2.69. The van der Waals surface area contributed by atoms with Gasteiger partial charge in [0.05, 0.1) is 11.4 Å². The van der Waals surface area contributed by atoms with Crippen LogP contribution in [0.4, 0.5) is 5.69 Å². The minimum Gasteiger partial charge on any atom is -0.316 e. The average molecular weight is 415 g/mol. The summed E-state index contributed by atoms with van der Waals surface area (Å²) in [6.45, 7) is 1.76. The molecule has 1 saturated heterocycles. The van der Waals surface area contributed by atoms with Gasteiger partial charge in [-0.25, -0.2) is 8.42 Å². The van der Waals surface area contributed by atoms with Crippen molar-refractivity contribution in [1.29, 1.82) is 0 Å². The van der Waals surface area contributed by atoms with Crippen LogP contribution in [-0.2, 0) is 10.0 Å². The van der Waals surface area contributed by atoms with Crippen molar-refractivity contribution >= 4 is 49.9 Å². The number of benzene rings is 1. The van der Waals surface area contributed by atoms with Crippen molar-refractivity contribution < 1.29 is 8.42 Å². The number of rotatable bonds is 4. The summed E-state index contributed by atoms with van der Waals surface area (Å²) < 4.78 is 27.7. The molecule has 106 valence electrons. The van der Waals surface area contributed by atoms with Gasteiger partial charge in [-0.3, -0.25) is 4.72 Å². The zero-order valence-electron chi connectivity index (χ0n) is 10.3. The first kappa shape index (κ1) is 15.3. The Morgan fingerprint density at radius 1 is 1.47 bits per heavy atom. The molecule has 2 N–H and O–H groups in total. The number of hydrogen-bond donors (Lipinski definition) is 2. The van der Waals surface area contributed by atoms with E-state index >= 15 is 0 Å². The largest absolute Gasteiger partial charge is 0.316 e. The Bertz CT molecular complexity index is 545. The van der Waals surface area contributed by atoms with Gasteiger partial charge in [0.15, 0.2) is 0 Å². The zero-order valence-corrected chi connectivity index (χ0v) is 14.1. The van der Waals surface area contributed by atoms with Crippen LogP contribution in [0.5, 0.6) is 0 Å². The number of nitrogens with one attached hydrogen (secondary N) is 2. The van der Waals surface area contributed by atoms with Crippen LogP contribution in [-0.4, -0.2) is 27.3 Å². The highest BCUT2D eigenvalue weighted by atomic mass is 127. The van der Waals surface area contributed by atoms with Crippen LogP contribution in [0.2, 0.25) is 5.02 Å². The van der Waals surface area contributed by atoms with E-state index in [0.29, 0.717) is 10.7 Å². The van der Waals surface area contributed by atoms with Gasteiger partial charge in [-0.1, -0.05) is 11.6 Å². The molecule has 0 amide bonds. The Morgan fingerprint density at radius 2 is 2.26 bits per heavy atom. The first-order valence-electron chi connectivity index (χ1n) is 6.12. The molecule has 0 radical (unpaired) electrons. The van der Waals surface area contributed by atoms with E-state index in [0.717, 1.165) is 29.5 Å². The second kappa shape index (κ2) is 6.60. The van der Waals surface area contributed by atoms with Crippen molar-refractivity contribution in [2.75, 3.05) is 23.6 Å². The minimum absolute atomic E-state index is 0.165. The van der Waals surface area contributed by atoms with Gasteiger partial charge in [0.1, 0.15) is 0 Å². The summed E-state index contributed by atoms with van der Waals surface area (Å²) in [5, 5.41) is 3.83. The summed E-state index contributed by atoms with van der Waals surface area (Å²) in [6, 6.07) is 5.12. The molecule has 19 heavy (non-hydrogen) atoms. The maximum absolute atomic E-state index is 12.1. The van der Waals surface area contributed by atoms with Crippen molar-refractivity contribution in [2.24, 2.45) is 5.92 Å². The van der Waals surface area contributed by atoms with Crippen LogP contribution in [0.1, 0.15) is 12.8 Å². The van der Waals surface area contributed by atoms with Crippen LogP contribution in [0.15, 0.2) is 18.2 Å². The van der Waals surface area contributed by atoms with E-state index in [1.165, 1.54) is 0 Å². The second-order valence-corrected chi connectivity index (χ2v) is 8.09. The van der Waals surface area contributed by atoms with E-state index in [-0.39, 0.29) is 11.7 Å². The SMILES string of the molecule is O=S(=O)(CC1CCCNC1)Nc1ccc(Cl)cc1I. The highest BCUT2D eigenvalue weighted by molar-refractivity contribution is 14.1. The van der Waals surface area contributed by atoms with Gasteiger partial charge in [0, 0.05) is 8.59 Å². The van der Waals surface area contributed by atoms with Gasteiger partial charge < -0.3 is 5.32 Å². The molecule has 4 nitrogen and oxygen atoms in total. The minimum atomic E-state index is -3.31. The van der Waals surface area contributed by atoms with Gasteiger partial charge in [-0.05, 0) is 72.6 Å². The van der Waals surface area contributed by atoms with Crippen molar-refractivity contribution in [3.63, 3.8) is 0 Å². The Balaban J connectivity index is 2.03. The fourth-order valence-corrected chi connectivity index (χ4v) is 4.85. The van der Waals surface area contributed by atoms with Crippen molar-refractivity contribution in [1.82, 2.24) is 5.32 Å². The van der Waals surface area contributed by atoms with Crippen molar-refractivity contribution in [2.45, 2.75) is 12.8 Å². The Labute approximate surface area is 132 Å². The first-order valence-corrected chi connectivity index (χ1v) is 9.23. The molecule has 0 aliphatic carbocycles. The third kappa shape index (κ3) is 4.77. The summed E-state index contributed by atoms with van der Waals surface area (Å²) in [5.41, 5.74) is 0.591. The van der Waals surface area contributed by atoms with Gasteiger partial charge in [0.2, 0.25) is 10.0 Å². The molecule has 1 unspecified atom stereocenters. The molecule has 1 aliphatic heterocycles. The standard InChI is InChI=1S/C12H16ClIN2O2S/c13-10-3-4-12(11(14)6-10)16-19(17,18)8-9-2-1-5-15-7-9/h3-4,6,9,15-16H,1-2,5,7-8H2. The van der Waals surface area contributed by atoms with Crippen LogP contribution < -0.4 is 10.0 Å². The van der Waals surface area contributed by atoms with E-state index in [9.17, 15) is 8.42 Å². The van der Waals surface area contributed by atoms with Crippen LogP contribution in [0.25, 0.3) is 0 Å². The highest BCUT2D eigenvalue weighted by Gasteiger charge is 2.21. The van der Waals surface area contributed by atoms with E-state index in [4.69, 9.17) is 11.6 Å². The van der Waals surface area contributed by atoms with Gasteiger partial charge >= 0.3 is 0 Å². The summed E-state index contributed by atoms with van der Waals surface area (Å²) in [7, 11) is -3.31. The molecule has 1 atom stereocenters. The number of hydrogen-bond acceptors (Lipinski definition) is 3. The Kier molecular flexibility index (Phi) is 5.33. The van der Waals surface area contributed by atoms with Crippen LogP contribution in [0, 0.1) is 9.49 Å². The third-order valence-corrected chi connectivity index (χ3v) is 5.62. The number of sulfonamides is 1. The maximum Gasteiger partial charge on any atom is 0.233 e. The predicted molar refractivity (Wildman–Crippen MR) is 87.2 cm³/mol. The molecular formula is C12H16ClIN2O2S. The van der Waals surface area contributed by atoms with E-state index < -0.39 is 10.0 Å². The summed E-state index contributed by atoms with van der Waals surface area (Å²) in [5.74, 6) is 0.356. The van der Waals surface area contributed by atoms with Gasteiger partial charge in [-0.2, -0.15) is 0 Å². The Hall–Kier alpha value is -0.0500. The smallest absolute Gasteiger partial charge is 0.233 e. The lowest BCUT2D eigenvalue weighted by Gasteiger charge is -2.22. The molecule has 0 bridgehead atoms. The quantitative estimate of drug-likeness (QED) is 0.745. The van der Waals surface area contributed by atoms with E-state index in [1.54, 1.807) is 18.2 Å². The molecule has 1 fully saturated rings. The number of anilines is 1. The first-order chi connectivity index (χ1) is 8.96. The maximum atomic E-state index is 12.1. The molecule has 1 aromatic carbocycles. The molecule has 1 aromatic rings. The lowest BCUT2D eigenvalue weighted by molar-refractivity contribution is 0.404. The molecule has 0 aromatic heterocycles. The summed E-state index contributed by atoms with van der Waals surface area (Å²) >= 11 is 7.93. The molecule has 7 heteroatoms. The van der Waals surface area contributed by atoms with Crippen LogP contribution >= 0.6 is 34.2 Å². The highest BCUT2D eigenvalue weighted by Crippen LogP contribution is 2.24. The van der Waals surface area contributed by atoms with Gasteiger partial charge in [-0.15, -0.1) is 0 Å². The van der Waals surface area contributed by atoms with Gasteiger partial charge in [0.25, 0.3) is 0 Å². The summed E-state index contributed by atoms with van der Waals surface area (Å²) in [4.78, 5) is 0. The lowest BCUT2D eigenvalue weighted by Crippen LogP contribution is -2.35. The fourth-order valence-electron chi connectivity index (χ4n) is 2.16. The fraction of sp³-hybridized carbons (Fsp3) is 0.500. The normalized spacial score (nSPS) is 20.2. The van der Waals surface area contributed by atoms with Crippen molar-refractivity contribution in [3.8, 4) is 0 Å². The number of piperidine rings is 1. The van der Waals surface area contributed by atoms with Crippen LogP contribution in [0.3, 0.4) is 0 Å². The molecule has 0 saturated carbocycles. The van der Waals surface area contributed by atoms with E-state index in [2.05, 4.69) is 32.6 Å². The third-order valence-electron chi connectivity index (χ3n) is 3.05. The second-order valence-electron chi connectivity index (χ2n) is 4.72. The Morgan fingerprint density at radius 3 is 2.89 bits per heavy atom. The lowest BCUT2D eigenvalue weighted by atomic mass is 10.0. The number of halogens is 2.